The lowest BCUT2D eigenvalue weighted by atomic mass is 10.1. The number of H-pyrrole nitrogens is 1. The van der Waals surface area contributed by atoms with E-state index in [1.165, 1.54) is 0 Å². The zero-order valence-corrected chi connectivity index (χ0v) is 11.6. The van der Waals surface area contributed by atoms with Gasteiger partial charge in [0.1, 0.15) is 5.69 Å². The highest BCUT2D eigenvalue weighted by Gasteiger charge is 2.24. The third kappa shape index (κ3) is 3.30. The zero-order valence-electron chi connectivity index (χ0n) is 11.6. The smallest absolute Gasteiger partial charge is 0.355 e. The molecule has 0 aliphatic heterocycles. The first-order valence-corrected chi connectivity index (χ1v) is 6.13. The maximum atomic E-state index is 11.9. The van der Waals surface area contributed by atoms with E-state index in [1.54, 1.807) is 20.8 Å². The first kappa shape index (κ1) is 15.6. The van der Waals surface area contributed by atoms with Crippen LogP contribution in [0.5, 0.6) is 0 Å². The third-order valence-electron chi connectivity index (χ3n) is 2.58. The minimum Gasteiger partial charge on any atom is -0.462 e. The summed E-state index contributed by atoms with van der Waals surface area (Å²) in [5.74, 6) is -1.14. The van der Waals surface area contributed by atoms with Gasteiger partial charge in [0, 0.05) is 10.6 Å². The van der Waals surface area contributed by atoms with Crippen molar-refractivity contribution in [3.8, 4) is 0 Å². The highest BCUT2D eigenvalue weighted by Crippen LogP contribution is 2.21. The van der Waals surface area contributed by atoms with Crippen LogP contribution in [0.15, 0.2) is 5.11 Å². The van der Waals surface area contributed by atoms with E-state index in [4.69, 9.17) is 15.0 Å². The number of aromatic amines is 1. The Bertz CT molecular complexity index is 558. The molecule has 0 amide bonds. The van der Waals surface area contributed by atoms with Gasteiger partial charge in [-0.2, -0.15) is 0 Å². The van der Waals surface area contributed by atoms with Crippen molar-refractivity contribution in [1.82, 2.24) is 4.98 Å². The number of carbonyl (C=O) groups excluding carboxylic acids is 2. The molecule has 0 unspecified atom stereocenters. The molecule has 0 fully saturated rings. The normalized spacial score (nSPS) is 9.75. The van der Waals surface area contributed by atoms with Gasteiger partial charge < -0.3 is 14.5 Å². The van der Waals surface area contributed by atoms with Crippen LogP contribution in [0.1, 0.15) is 46.0 Å². The van der Waals surface area contributed by atoms with Crippen molar-refractivity contribution in [2.75, 3.05) is 13.2 Å². The van der Waals surface area contributed by atoms with Gasteiger partial charge >= 0.3 is 11.9 Å². The molecule has 0 saturated heterocycles. The lowest BCUT2D eigenvalue weighted by Gasteiger charge is -2.03. The van der Waals surface area contributed by atoms with Crippen LogP contribution in [0, 0.1) is 6.92 Å². The minimum absolute atomic E-state index is 0.0785. The number of aromatic nitrogens is 1. The van der Waals surface area contributed by atoms with Crippen molar-refractivity contribution >= 4 is 11.9 Å². The Hall–Kier alpha value is -2.47. The monoisotopic (exact) mass is 280 g/mol. The quantitative estimate of drug-likeness (QED) is 0.372. The molecule has 0 radical (unpaired) electrons. The summed E-state index contributed by atoms with van der Waals surface area (Å²) in [5, 5.41) is 3.39. The molecule has 1 aromatic rings. The second kappa shape index (κ2) is 7.20. The maximum absolute atomic E-state index is 11.9. The van der Waals surface area contributed by atoms with E-state index in [2.05, 4.69) is 15.0 Å². The van der Waals surface area contributed by atoms with Gasteiger partial charge in [0.2, 0.25) is 0 Å². The number of nitrogens with zero attached hydrogens (tertiary/aromatic N) is 3. The molecule has 0 aliphatic rings. The lowest BCUT2D eigenvalue weighted by Crippen LogP contribution is -2.09. The molecule has 0 saturated carbocycles. The van der Waals surface area contributed by atoms with Crippen LogP contribution in [0.4, 0.5) is 0 Å². The molecule has 8 heteroatoms. The number of esters is 2. The van der Waals surface area contributed by atoms with Crippen molar-refractivity contribution in [2.45, 2.75) is 27.3 Å². The van der Waals surface area contributed by atoms with Gasteiger partial charge in [0.15, 0.2) is 0 Å². The number of hydrogen-bond donors (Lipinski definition) is 1. The zero-order chi connectivity index (χ0) is 15.1. The molecule has 0 aliphatic carbocycles. The Morgan fingerprint density at radius 2 is 1.85 bits per heavy atom. The molecule has 0 atom stereocenters. The summed E-state index contributed by atoms with van der Waals surface area (Å²) in [6.07, 6.45) is 0. The van der Waals surface area contributed by atoms with Crippen LogP contribution in [0.2, 0.25) is 0 Å². The Balaban J connectivity index is 3.26. The maximum Gasteiger partial charge on any atom is 0.355 e. The molecule has 0 bridgehead atoms. The third-order valence-corrected chi connectivity index (χ3v) is 2.58. The second-order valence-electron chi connectivity index (χ2n) is 3.81. The fourth-order valence-corrected chi connectivity index (χ4v) is 1.77. The SMILES string of the molecule is CCOC(=O)c1[nH]c(CN=[N+]=[N-])c(C(=O)OCC)c1C. The molecule has 108 valence electrons. The van der Waals surface area contributed by atoms with Crippen LogP contribution < -0.4 is 0 Å². The topological polar surface area (TPSA) is 117 Å². The molecule has 1 rings (SSSR count). The summed E-state index contributed by atoms with van der Waals surface area (Å²) in [6.45, 7) is 5.32. The van der Waals surface area contributed by atoms with Crippen molar-refractivity contribution in [2.24, 2.45) is 5.11 Å². The Morgan fingerprint density at radius 3 is 2.40 bits per heavy atom. The van der Waals surface area contributed by atoms with Crippen LogP contribution in [-0.2, 0) is 16.0 Å². The fraction of sp³-hybridized carbons (Fsp3) is 0.500. The summed E-state index contributed by atoms with van der Waals surface area (Å²) in [5.41, 5.74) is 9.50. The fourth-order valence-electron chi connectivity index (χ4n) is 1.77. The van der Waals surface area contributed by atoms with Gasteiger partial charge in [-0.05, 0) is 31.9 Å². The highest BCUT2D eigenvalue weighted by molar-refractivity contribution is 5.98. The van der Waals surface area contributed by atoms with Gasteiger partial charge in [-0.25, -0.2) is 9.59 Å². The molecule has 0 spiro atoms. The van der Waals surface area contributed by atoms with E-state index >= 15 is 0 Å². The predicted octanol–water partition coefficient (Wildman–Crippen LogP) is 2.49. The molecule has 1 N–H and O–H groups in total. The number of azide groups is 1. The molecule has 20 heavy (non-hydrogen) atoms. The van der Waals surface area contributed by atoms with E-state index in [0.29, 0.717) is 11.3 Å². The molecular formula is C12H16N4O4. The summed E-state index contributed by atoms with van der Waals surface area (Å²) in [6, 6.07) is 0. The Morgan fingerprint density at radius 1 is 1.25 bits per heavy atom. The van der Waals surface area contributed by atoms with Crippen LogP contribution >= 0.6 is 0 Å². The van der Waals surface area contributed by atoms with Crippen molar-refractivity contribution < 1.29 is 19.1 Å². The average Bonchev–Trinajstić information content (AvgIpc) is 2.74. The number of carbonyl (C=O) groups is 2. The largest absolute Gasteiger partial charge is 0.462 e. The van der Waals surface area contributed by atoms with Crippen LogP contribution in [0.25, 0.3) is 10.4 Å². The van der Waals surface area contributed by atoms with Crippen molar-refractivity contribution in [3.05, 3.63) is 33.0 Å². The van der Waals surface area contributed by atoms with E-state index < -0.39 is 11.9 Å². The number of nitrogens with one attached hydrogen (secondary N) is 1. The van der Waals surface area contributed by atoms with Crippen LogP contribution in [-0.4, -0.2) is 30.1 Å². The second-order valence-corrected chi connectivity index (χ2v) is 3.81. The summed E-state index contributed by atoms with van der Waals surface area (Å²) in [7, 11) is 0. The summed E-state index contributed by atoms with van der Waals surface area (Å²) >= 11 is 0. The highest BCUT2D eigenvalue weighted by atomic mass is 16.5. The van der Waals surface area contributed by atoms with Gasteiger partial charge in [-0.1, -0.05) is 5.11 Å². The molecule has 1 aromatic heterocycles. The number of hydrogen-bond acceptors (Lipinski definition) is 5. The number of rotatable bonds is 6. The first-order valence-electron chi connectivity index (χ1n) is 6.13. The Labute approximate surface area is 115 Å². The summed E-state index contributed by atoms with van der Waals surface area (Å²) < 4.78 is 9.83. The average molecular weight is 280 g/mol. The van der Waals surface area contributed by atoms with E-state index in [9.17, 15) is 9.59 Å². The van der Waals surface area contributed by atoms with E-state index in [0.717, 1.165) is 0 Å². The lowest BCUT2D eigenvalue weighted by molar-refractivity contribution is 0.0517. The first-order chi connectivity index (χ1) is 9.56. The van der Waals surface area contributed by atoms with Gasteiger partial charge in [0.25, 0.3) is 0 Å². The van der Waals surface area contributed by atoms with E-state index in [1.807, 2.05) is 0 Å². The van der Waals surface area contributed by atoms with Crippen LogP contribution in [0.3, 0.4) is 0 Å². The summed E-state index contributed by atoms with van der Waals surface area (Å²) in [4.78, 5) is 29.1. The predicted molar refractivity (Wildman–Crippen MR) is 70.3 cm³/mol. The van der Waals surface area contributed by atoms with Crippen molar-refractivity contribution in [3.63, 3.8) is 0 Å². The molecule has 0 aromatic carbocycles. The Kier molecular flexibility index (Phi) is 5.61. The standard InChI is InChI=1S/C12H16N4O4/c1-4-19-11(17)9-7(3)10(12(18)20-5-2)15-8(9)6-14-16-13/h15H,4-6H2,1-3H3. The molecular weight excluding hydrogens is 264 g/mol. The molecule has 8 nitrogen and oxygen atoms in total. The van der Waals surface area contributed by atoms with Gasteiger partial charge in [0.05, 0.1) is 25.3 Å². The van der Waals surface area contributed by atoms with Gasteiger partial charge in [-0.15, -0.1) is 0 Å². The van der Waals surface area contributed by atoms with E-state index in [-0.39, 0.29) is 31.0 Å². The molecule has 1 heterocycles. The number of ether oxygens (including phenoxy) is 2. The van der Waals surface area contributed by atoms with Crippen molar-refractivity contribution in [1.29, 1.82) is 0 Å². The van der Waals surface area contributed by atoms with Gasteiger partial charge in [-0.3, -0.25) is 0 Å². The minimum atomic E-state index is -0.570.